The summed E-state index contributed by atoms with van der Waals surface area (Å²) in [6.07, 6.45) is 7.34. The number of aromatic amines is 1. The molecule has 396 valence electrons. The van der Waals surface area contributed by atoms with E-state index in [1.165, 1.54) is 53.3 Å². The predicted octanol–water partition coefficient (Wildman–Crippen LogP) is 9.58. The van der Waals surface area contributed by atoms with E-state index >= 15 is 0 Å². The largest absolute Gasteiger partial charge is 0.495 e. The lowest BCUT2D eigenvalue weighted by molar-refractivity contribution is -0.384. The molecule has 6 aromatic rings. The van der Waals surface area contributed by atoms with Gasteiger partial charge in [0.05, 0.1) is 45.4 Å². The van der Waals surface area contributed by atoms with Crippen LogP contribution in [-0.4, -0.2) is 109 Å². The molecule has 2 saturated heterocycles. The van der Waals surface area contributed by atoms with Gasteiger partial charge in [0.15, 0.2) is 0 Å². The molecule has 2 aliphatic heterocycles. The minimum absolute atomic E-state index is 0.0143. The van der Waals surface area contributed by atoms with E-state index in [4.69, 9.17) is 9.47 Å². The molecule has 19 heteroatoms. The van der Waals surface area contributed by atoms with E-state index in [-0.39, 0.29) is 45.5 Å². The Labute approximate surface area is 437 Å². The number of fused-ring (bicyclic) bond motifs is 1. The molecule has 0 radical (unpaired) electrons. The molecule has 4 aliphatic rings. The number of aliphatic hydroxyl groups is 1. The van der Waals surface area contributed by atoms with E-state index in [0.29, 0.717) is 37.0 Å². The number of hydrogen-bond acceptors (Lipinski definition) is 14. The summed E-state index contributed by atoms with van der Waals surface area (Å²) in [5, 5.41) is 29.1. The van der Waals surface area contributed by atoms with Crippen LogP contribution in [0.2, 0.25) is 0 Å². The van der Waals surface area contributed by atoms with Crippen molar-refractivity contribution in [3.8, 4) is 17.2 Å². The van der Waals surface area contributed by atoms with Crippen LogP contribution in [0.4, 0.5) is 27.1 Å². The molecule has 4 fully saturated rings. The van der Waals surface area contributed by atoms with Gasteiger partial charge >= 0.3 is 0 Å². The van der Waals surface area contributed by atoms with Gasteiger partial charge in [0.25, 0.3) is 21.6 Å². The minimum atomic E-state index is -4.65. The van der Waals surface area contributed by atoms with Crippen LogP contribution < -0.4 is 29.7 Å². The molecule has 75 heavy (non-hydrogen) atoms. The average Bonchev–Trinajstić information content (AvgIpc) is 3.75. The van der Waals surface area contributed by atoms with Gasteiger partial charge in [-0.1, -0.05) is 44.2 Å². The number of nitro benzene ring substituents is 1. The molecular weight excluding hydrogens is 978 g/mol. The average molecular weight is 1040 g/mol. The zero-order chi connectivity index (χ0) is 52.8. The first-order valence-electron chi connectivity index (χ1n) is 25.8. The number of hydrogen-bond donors (Lipinski definition) is 5. The Kier molecular flexibility index (Phi) is 14.3. The SMILES string of the molecule is CNc1ccc(CN2CCN(C3CC4(C3)CN(c3ccc(C(=O)NS(=O)(=O)c5ccc(NC[C@H]6CC[C@](C)(O)CC6)c([N+](=O)[O-])c5)c(Oc5cnc6[nH]cc(F)c6c5)c3)C4)[C@H](c3ccccc3C(C)C)C2)cc1OC. The number of carbonyl (C=O) groups is 1. The van der Waals surface area contributed by atoms with Gasteiger partial charge in [0.1, 0.15) is 34.4 Å². The number of ether oxygens (including phenoxy) is 2. The van der Waals surface area contributed by atoms with Gasteiger partial charge in [-0.05, 0) is 116 Å². The number of carbonyl (C=O) groups excluding carboxylic acids is 1. The molecule has 10 rings (SSSR count). The lowest BCUT2D eigenvalue weighted by atomic mass is 9.59. The number of rotatable bonds is 17. The topological polar surface area (TPSA) is 208 Å². The first kappa shape index (κ1) is 51.7. The summed E-state index contributed by atoms with van der Waals surface area (Å²) in [5.41, 5.74) is 4.88. The Morgan fingerprint density at radius 2 is 1.76 bits per heavy atom. The second-order valence-electron chi connectivity index (χ2n) is 21.7. The van der Waals surface area contributed by atoms with Crippen molar-refractivity contribution in [3.63, 3.8) is 0 Å². The number of nitrogens with zero attached hydrogens (tertiary/aromatic N) is 5. The Bertz CT molecular complexity index is 3220. The van der Waals surface area contributed by atoms with Gasteiger partial charge in [-0.15, -0.1) is 0 Å². The second kappa shape index (κ2) is 20.7. The number of methoxy groups -OCH3 is 1. The van der Waals surface area contributed by atoms with Gasteiger partial charge in [-0.2, -0.15) is 0 Å². The fourth-order valence-electron chi connectivity index (χ4n) is 11.8. The van der Waals surface area contributed by atoms with E-state index in [1.807, 2.05) is 7.05 Å². The third-order valence-electron chi connectivity index (χ3n) is 16.0. The van der Waals surface area contributed by atoms with E-state index in [1.54, 1.807) is 26.2 Å². The highest BCUT2D eigenvalue weighted by Crippen LogP contribution is 2.54. The number of benzene rings is 4. The van der Waals surface area contributed by atoms with Gasteiger partial charge in [-0.3, -0.25) is 24.7 Å². The number of nitrogens with one attached hydrogen (secondary N) is 4. The number of sulfonamides is 1. The van der Waals surface area contributed by atoms with Crippen LogP contribution in [0.1, 0.15) is 98.3 Å². The molecule has 4 aromatic carbocycles. The van der Waals surface area contributed by atoms with Crippen molar-refractivity contribution in [1.29, 1.82) is 0 Å². The maximum absolute atomic E-state index is 14.7. The third-order valence-corrected chi connectivity index (χ3v) is 17.3. The Hall–Kier alpha value is -6.80. The smallest absolute Gasteiger partial charge is 0.293 e. The molecule has 1 spiro atoms. The van der Waals surface area contributed by atoms with E-state index in [2.05, 4.69) is 96.3 Å². The lowest BCUT2D eigenvalue weighted by Gasteiger charge is -2.63. The molecule has 1 amide bonds. The third kappa shape index (κ3) is 10.9. The molecule has 0 unspecified atom stereocenters. The summed E-state index contributed by atoms with van der Waals surface area (Å²) in [6.45, 7) is 11.9. The Morgan fingerprint density at radius 1 is 1.00 bits per heavy atom. The van der Waals surface area contributed by atoms with Crippen molar-refractivity contribution >= 4 is 49.7 Å². The van der Waals surface area contributed by atoms with Crippen molar-refractivity contribution in [2.45, 2.75) is 94.3 Å². The molecule has 5 N–H and O–H groups in total. The maximum atomic E-state index is 14.7. The van der Waals surface area contributed by atoms with Crippen LogP contribution in [0.25, 0.3) is 11.0 Å². The van der Waals surface area contributed by atoms with Gasteiger partial charge in [0.2, 0.25) is 0 Å². The first-order valence-corrected chi connectivity index (χ1v) is 27.3. The number of aromatic nitrogens is 2. The minimum Gasteiger partial charge on any atom is -0.495 e. The summed E-state index contributed by atoms with van der Waals surface area (Å²) in [5.74, 6) is -0.0600. The van der Waals surface area contributed by atoms with Crippen LogP contribution in [-0.2, 0) is 16.6 Å². The monoisotopic (exact) mass is 1040 g/mol. The quantitative estimate of drug-likeness (QED) is 0.0426. The van der Waals surface area contributed by atoms with Gasteiger partial charge in [-0.25, -0.2) is 22.5 Å². The van der Waals surface area contributed by atoms with Crippen LogP contribution in [0.15, 0.2) is 102 Å². The summed E-state index contributed by atoms with van der Waals surface area (Å²) in [6, 6.07) is 25.7. The van der Waals surface area contributed by atoms with Crippen molar-refractivity contribution in [3.05, 3.63) is 136 Å². The fourth-order valence-corrected chi connectivity index (χ4v) is 12.8. The van der Waals surface area contributed by atoms with Gasteiger partial charge < -0.3 is 35.1 Å². The summed E-state index contributed by atoms with van der Waals surface area (Å²) in [4.78, 5) is 39.7. The van der Waals surface area contributed by atoms with Crippen LogP contribution in [0.3, 0.4) is 0 Å². The second-order valence-corrected chi connectivity index (χ2v) is 23.3. The van der Waals surface area contributed by atoms with Crippen molar-refractivity contribution in [2.24, 2.45) is 11.3 Å². The molecule has 4 heterocycles. The van der Waals surface area contributed by atoms with Gasteiger partial charge in [0, 0.05) is 94.4 Å². The normalized spacial score (nSPS) is 21.1. The molecule has 2 aromatic heterocycles. The highest BCUT2D eigenvalue weighted by Gasteiger charge is 2.55. The summed E-state index contributed by atoms with van der Waals surface area (Å²) in [7, 11) is -1.05. The maximum Gasteiger partial charge on any atom is 0.293 e. The number of nitro groups is 1. The van der Waals surface area contributed by atoms with E-state index in [9.17, 15) is 32.8 Å². The zero-order valence-corrected chi connectivity index (χ0v) is 43.9. The molecular formula is C56H66FN9O8S. The van der Waals surface area contributed by atoms with E-state index in [0.717, 1.165) is 88.1 Å². The lowest BCUT2D eigenvalue weighted by Crippen LogP contribution is -2.68. The zero-order valence-electron chi connectivity index (χ0n) is 43.1. The highest BCUT2D eigenvalue weighted by atomic mass is 32.2. The molecule has 2 saturated carbocycles. The number of anilines is 3. The first-order chi connectivity index (χ1) is 35.9. The van der Waals surface area contributed by atoms with Crippen LogP contribution in [0.5, 0.6) is 17.2 Å². The number of pyridine rings is 1. The number of piperazine rings is 1. The van der Waals surface area contributed by atoms with Crippen molar-refractivity contribution in [1.82, 2.24) is 24.5 Å². The number of halogens is 1. The summed E-state index contributed by atoms with van der Waals surface area (Å²) < 4.78 is 56.5. The standard InChI is InChI=1S/C56H66FN9O8S/c1-35(2)42-8-6-7-9-43(42)50-32-63(31-37-10-14-48(58-4)52(22-37)73-5)20-21-65(50)39-26-56(27-39)33-64(34-56)38-11-13-44(51(23-38)74-40-24-45-46(57)30-61-53(45)60-29-40)54(67)62-75(71,72)41-12-15-47(49(25-41)66(69)70)59-28-36-16-18-55(3,68)19-17-36/h6-15,22-25,29-30,35-36,39,50,58-59,68H,16-21,26-28,31-34H2,1-5H3,(H,60,61)(H,62,67)/t36-,50-,55-/m0/s1. The number of H-pyrrole nitrogens is 1. The highest BCUT2D eigenvalue weighted by molar-refractivity contribution is 7.90. The molecule has 0 bridgehead atoms. The van der Waals surface area contributed by atoms with Crippen molar-refractivity contribution < 1.29 is 37.1 Å². The Morgan fingerprint density at radius 3 is 2.49 bits per heavy atom. The summed E-state index contributed by atoms with van der Waals surface area (Å²) >= 11 is 0. The predicted molar refractivity (Wildman–Crippen MR) is 287 cm³/mol. The molecule has 1 atom stereocenters. The Balaban J connectivity index is 0.848. The van der Waals surface area contributed by atoms with Crippen LogP contribution in [0, 0.1) is 27.3 Å². The molecule has 2 aliphatic carbocycles. The molecule has 17 nitrogen and oxygen atoms in total. The number of amides is 1. The van der Waals surface area contributed by atoms with Crippen LogP contribution >= 0.6 is 0 Å². The van der Waals surface area contributed by atoms with E-state index < -0.39 is 42.9 Å². The fraction of sp³-hybridized carbons (Fsp3) is 0.429. The van der Waals surface area contributed by atoms with Crippen molar-refractivity contribution in [2.75, 3.05) is 69.0 Å².